The molecule has 0 spiro atoms. The number of hydrogen-bond donors (Lipinski definition) is 0. The van der Waals surface area contributed by atoms with Crippen LogP contribution in [0.4, 0.5) is 0 Å². The molecule has 0 unspecified atom stereocenters. The van der Waals surface area contributed by atoms with Gasteiger partial charge in [-0.3, -0.25) is 0 Å². The highest BCUT2D eigenvalue weighted by Gasteiger charge is 2.21. The second kappa shape index (κ2) is 6.26. The summed E-state index contributed by atoms with van der Waals surface area (Å²) in [5, 5.41) is 0. The third-order valence-corrected chi connectivity index (χ3v) is 3.61. The summed E-state index contributed by atoms with van der Waals surface area (Å²) in [6.45, 7) is 0.904. The van der Waals surface area contributed by atoms with Gasteiger partial charge in [0.15, 0.2) is 17.6 Å². The van der Waals surface area contributed by atoms with Gasteiger partial charge in [0.2, 0.25) is 0 Å². The SMILES string of the molecule is COc1ccc(OC[C@H]2COc3cc(Br)ccc3O2)cc1. The summed E-state index contributed by atoms with van der Waals surface area (Å²) in [7, 11) is 1.64. The van der Waals surface area contributed by atoms with Crippen molar-refractivity contribution in [3.63, 3.8) is 0 Å². The first-order valence-corrected chi connectivity index (χ1v) is 7.40. The van der Waals surface area contributed by atoms with Gasteiger partial charge in [0.25, 0.3) is 0 Å². The largest absolute Gasteiger partial charge is 0.497 e. The summed E-state index contributed by atoms with van der Waals surface area (Å²) >= 11 is 3.41. The van der Waals surface area contributed by atoms with Gasteiger partial charge in [0, 0.05) is 4.47 Å². The summed E-state index contributed by atoms with van der Waals surface area (Å²) < 4.78 is 23.3. The van der Waals surface area contributed by atoms with Gasteiger partial charge in [-0.2, -0.15) is 0 Å². The van der Waals surface area contributed by atoms with Crippen molar-refractivity contribution in [3.8, 4) is 23.0 Å². The molecule has 110 valence electrons. The second-order valence-electron chi connectivity index (χ2n) is 4.63. The molecule has 21 heavy (non-hydrogen) atoms. The quantitative estimate of drug-likeness (QED) is 0.842. The molecule has 1 atom stereocenters. The highest BCUT2D eigenvalue weighted by atomic mass is 79.9. The maximum atomic E-state index is 5.86. The number of rotatable bonds is 4. The predicted molar refractivity (Wildman–Crippen MR) is 82.5 cm³/mol. The summed E-state index contributed by atoms with van der Waals surface area (Å²) in [5.41, 5.74) is 0. The molecule has 0 fully saturated rings. The summed E-state index contributed by atoms with van der Waals surface area (Å²) in [6.07, 6.45) is -0.124. The van der Waals surface area contributed by atoms with E-state index in [9.17, 15) is 0 Å². The standard InChI is InChI=1S/C16H15BrO4/c1-18-12-3-5-13(6-4-12)19-9-14-10-20-16-8-11(17)2-7-15(16)21-14/h2-8,14H,9-10H2,1H3/t14-/m0/s1. The van der Waals surface area contributed by atoms with Gasteiger partial charge in [-0.25, -0.2) is 0 Å². The van der Waals surface area contributed by atoms with E-state index in [0.717, 1.165) is 27.5 Å². The van der Waals surface area contributed by atoms with Crippen LogP contribution in [0.2, 0.25) is 0 Å². The van der Waals surface area contributed by atoms with Gasteiger partial charge in [-0.1, -0.05) is 15.9 Å². The lowest BCUT2D eigenvalue weighted by atomic mass is 10.2. The minimum atomic E-state index is -0.124. The van der Waals surface area contributed by atoms with Crippen molar-refractivity contribution in [2.45, 2.75) is 6.10 Å². The molecule has 5 heteroatoms. The highest BCUT2D eigenvalue weighted by molar-refractivity contribution is 9.10. The van der Waals surface area contributed by atoms with Crippen LogP contribution in [-0.4, -0.2) is 26.4 Å². The molecule has 1 aliphatic rings. The lowest BCUT2D eigenvalue weighted by Gasteiger charge is -2.26. The van der Waals surface area contributed by atoms with Gasteiger partial charge in [-0.15, -0.1) is 0 Å². The zero-order valence-corrected chi connectivity index (χ0v) is 13.1. The van der Waals surface area contributed by atoms with Crippen LogP contribution in [-0.2, 0) is 0 Å². The Balaban J connectivity index is 1.58. The van der Waals surface area contributed by atoms with Gasteiger partial charge >= 0.3 is 0 Å². The van der Waals surface area contributed by atoms with E-state index in [4.69, 9.17) is 18.9 Å². The van der Waals surface area contributed by atoms with Crippen molar-refractivity contribution in [1.82, 2.24) is 0 Å². The molecule has 3 rings (SSSR count). The number of halogens is 1. The molecule has 0 amide bonds. The van der Waals surface area contributed by atoms with E-state index in [-0.39, 0.29) is 6.10 Å². The molecular weight excluding hydrogens is 336 g/mol. The van der Waals surface area contributed by atoms with E-state index < -0.39 is 0 Å². The average Bonchev–Trinajstić information content (AvgIpc) is 2.53. The molecule has 0 N–H and O–H groups in total. The fraction of sp³-hybridized carbons (Fsp3) is 0.250. The Hall–Kier alpha value is -1.88. The first-order valence-electron chi connectivity index (χ1n) is 6.60. The Morgan fingerprint density at radius 2 is 1.86 bits per heavy atom. The zero-order valence-electron chi connectivity index (χ0n) is 11.5. The molecule has 0 saturated carbocycles. The van der Waals surface area contributed by atoms with E-state index in [2.05, 4.69) is 15.9 Å². The van der Waals surface area contributed by atoms with Crippen molar-refractivity contribution < 1.29 is 18.9 Å². The number of methoxy groups -OCH3 is 1. The van der Waals surface area contributed by atoms with Gasteiger partial charge in [-0.05, 0) is 42.5 Å². The molecule has 2 aromatic carbocycles. The van der Waals surface area contributed by atoms with Crippen LogP contribution in [0.5, 0.6) is 23.0 Å². The van der Waals surface area contributed by atoms with Crippen molar-refractivity contribution in [3.05, 3.63) is 46.9 Å². The zero-order chi connectivity index (χ0) is 14.7. The summed E-state index contributed by atoms with van der Waals surface area (Å²) in [6, 6.07) is 13.2. The predicted octanol–water partition coefficient (Wildman–Crippen LogP) is 3.68. The third kappa shape index (κ3) is 3.42. The van der Waals surface area contributed by atoms with Crippen LogP contribution in [0, 0.1) is 0 Å². The Morgan fingerprint density at radius 3 is 2.62 bits per heavy atom. The lowest BCUT2D eigenvalue weighted by molar-refractivity contribution is 0.0535. The topological polar surface area (TPSA) is 36.9 Å². The minimum absolute atomic E-state index is 0.124. The second-order valence-corrected chi connectivity index (χ2v) is 5.54. The number of benzene rings is 2. The molecule has 1 heterocycles. The van der Waals surface area contributed by atoms with Crippen LogP contribution in [0.1, 0.15) is 0 Å². The van der Waals surface area contributed by atoms with Gasteiger partial charge < -0.3 is 18.9 Å². The highest BCUT2D eigenvalue weighted by Crippen LogP contribution is 2.34. The van der Waals surface area contributed by atoms with Crippen LogP contribution in [0.25, 0.3) is 0 Å². The van der Waals surface area contributed by atoms with Crippen LogP contribution >= 0.6 is 15.9 Å². The molecule has 0 radical (unpaired) electrons. The number of hydrogen-bond acceptors (Lipinski definition) is 4. The average molecular weight is 351 g/mol. The molecule has 4 nitrogen and oxygen atoms in total. The van der Waals surface area contributed by atoms with Gasteiger partial charge in [0.1, 0.15) is 24.7 Å². The maximum absolute atomic E-state index is 5.86. The normalized spacial score (nSPS) is 16.4. The lowest BCUT2D eigenvalue weighted by Crippen LogP contribution is -2.34. The Morgan fingerprint density at radius 1 is 1.10 bits per heavy atom. The molecule has 0 bridgehead atoms. The van der Waals surface area contributed by atoms with Crippen molar-refractivity contribution >= 4 is 15.9 Å². The Bertz CT molecular complexity index is 612. The summed E-state index contributed by atoms with van der Waals surface area (Å²) in [5.74, 6) is 3.08. The fourth-order valence-electron chi connectivity index (χ4n) is 2.03. The number of fused-ring (bicyclic) bond motifs is 1. The summed E-state index contributed by atoms with van der Waals surface area (Å²) in [4.78, 5) is 0. The monoisotopic (exact) mass is 350 g/mol. The van der Waals surface area contributed by atoms with E-state index >= 15 is 0 Å². The van der Waals surface area contributed by atoms with Crippen molar-refractivity contribution in [2.75, 3.05) is 20.3 Å². The van der Waals surface area contributed by atoms with Gasteiger partial charge in [0.05, 0.1) is 7.11 Å². The van der Waals surface area contributed by atoms with Crippen LogP contribution < -0.4 is 18.9 Å². The van der Waals surface area contributed by atoms with Crippen molar-refractivity contribution in [2.24, 2.45) is 0 Å². The molecule has 2 aromatic rings. The minimum Gasteiger partial charge on any atom is -0.497 e. The molecular formula is C16H15BrO4. The molecule has 0 saturated heterocycles. The van der Waals surface area contributed by atoms with E-state index in [0.29, 0.717) is 13.2 Å². The molecule has 0 aromatic heterocycles. The smallest absolute Gasteiger partial charge is 0.166 e. The van der Waals surface area contributed by atoms with E-state index in [1.165, 1.54) is 0 Å². The van der Waals surface area contributed by atoms with E-state index in [1.54, 1.807) is 7.11 Å². The molecule has 0 aliphatic carbocycles. The van der Waals surface area contributed by atoms with E-state index in [1.807, 2.05) is 42.5 Å². The number of ether oxygens (including phenoxy) is 4. The van der Waals surface area contributed by atoms with Crippen LogP contribution in [0.15, 0.2) is 46.9 Å². The molecule has 1 aliphatic heterocycles. The fourth-order valence-corrected chi connectivity index (χ4v) is 2.37. The Labute approximate surface area is 131 Å². The maximum Gasteiger partial charge on any atom is 0.166 e. The van der Waals surface area contributed by atoms with Crippen molar-refractivity contribution in [1.29, 1.82) is 0 Å². The first-order chi connectivity index (χ1) is 10.2. The first kappa shape index (κ1) is 14.1. The Kier molecular flexibility index (Phi) is 4.20. The third-order valence-electron chi connectivity index (χ3n) is 3.12. The van der Waals surface area contributed by atoms with Crippen LogP contribution in [0.3, 0.4) is 0 Å².